The number of aliphatic hydroxyl groups is 1. The first-order valence-corrected chi connectivity index (χ1v) is 4.97. The summed E-state index contributed by atoms with van der Waals surface area (Å²) >= 11 is 0. The number of carbonyl (C=O) groups is 1. The van der Waals surface area contributed by atoms with Crippen LogP contribution in [-0.4, -0.2) is 22.8 Å². The minimum Gasteiger partial charge on any atom is -0.481 e. The summed E-state index contributed by atoms with van der Waals surface area (Å²) in [6.07, 6.45) is 3.52. The summed E-state index contributed by atoms with van der Waals surface area (Å²) in [5, 5.41) is 17.7. The van der Waals surface area contributed by atoms with E-state index >= 15 is 0 Å². The van der Waals surface area contributed by atoms with E-state index in [0.29, 0.717) is 25.7 Å². The van der Waals surface area contributed by atoms with E-state index in [0.717, 1.165) is 6.42 Å². The molecule has 2 N–H and O–H groups in total. The van der Waals surface area contributed by atoms with Gasteiger partial charge in [-0.1, -0.05) is 20.3 Å². The van der Waals surface area contributed by atoms with Gasteiger partial charge in [-0.2, -0.15) is 0 Å². The summed E-state index contributed by atoms with van der Waals surface area (Å²) in [4.78, 5) is 11.0. The topological polar surface area (TPSA) is 57.5 Å². The lowest BCUT2D eigenvalue weighted by atomic mass is 9.78. The number of aliphatic carboxylic acids is 1. The van der Waals surface area contributed by atoms with Crippen LogP contribution < -0.4 is 0 Å². The van der Waals surface area contributed by atoms with Crippen molar-refractivity contribution in [2.45, 2.75) is 46.0 Å². The molecule has 0 aliphatic carbocycles. The highest BCUT2D eigenvalue weighted by Crippen LogP contribution is 2.32. The molecule has 0 fully saturated rings. The largest absolute Gasteiger partial charge is 0.481 e. The lowest BCUT2D eigenvalue weighted by molar-refractivity contribution is -0.150. The third-order valence-corrected chi connectivity index (χ3v) is 2.87. The van der Waals surface area contributed by atoms with E-state index in [2.05, 4.69) is 0 Å². The molecule has 0 unspecified atom stereocenters. The van der Waals surface area contributed by atoms with E-state index in [1.807, 2.05) is 13.8 Å². The van der Waals surface area contributed by atoms with Crippen molar-refractivity contribution >= 4 is 5.97 Å². The third kappa shape index (κ3) is 3.35. The summed E-state index contributed by atoms with van der Waals surface area (Å²) in [6.45, 7) is 3.98. The van der Waals surface area contributed by atoms with Crippen molar-refractivity contribution in [2.75, 3.05) is 6.61 Å². The minimum absolute atomic E-state index is 0.156. The van der Waals surface area contributed by atoms with Gasteiger partial charge < -0.3 is 10.2 Å². The van der Waals surface area contributed by atoms with Crippen LogP contribution in [0, 0.1) is 5.41 Å². The van der Waals surface area contributed by atoms with Crippen molar-refractivity contribution < 1.29 is 15.0 Å². The Labute approximate surface area is 79.8 Å². The molecule has 3 heteroatoms. The summed E-state index contributed by atoms with van der Waals surface area (Å²) in [6, 6.07) is 0. The smallest absolute Gasteiger partial charge is 0.309 e. The average Bonchev–Trinajstić information content (AvgIpc) is 2.13. The Morgan fingerprint density at radius 1 is 1.23 bits per heavy atom. The number of hydrogen-bond donors (Lipinski definition) is 2. The normalized spacial score (nSPS) is 11.6. The molecule has 13 heavy (non-hydrogen) atoms. The first-order valence-electron chi connectivity index (χ1n) is 4.97. The second-order valence-corrected chi connectivity index (χ2v) is 3.47. The molecule has 0 aromatic rings. The van der Waals surface area contributed by atoms with Crippen molar-refractivity contribution in [3.8, 4) is 0 Å². The molecule has 0 amide bonds. The summed E-state index contributed by atoms with van der Waals surface area (Å²) in [5.74, 6) is -0.699. The molecule has 0 aliphatic rings. The number of aliphatic hydroxyl groups excluding tert-OH is 1. The van der Waals surface area contributed by atoms with Gasteiger partial charge in [0, 0.05) is 6.61 Å². The Kier molecular flexibility index (Phi) is 5.71. The quantitative estimate of drug-likeness (QED) is 0.601. The van der Waals surface area contributed by atoms with E-state index in [-0.39, 0.29) is 6.61 Å². The maximum absolute atomic E-state index is 11.0. The Bertz CT molecular complexity index is 150. The van der Waals surface area contributed by atoms with Gasteiger partial charge in [0.1, 0.15) is 0 Å². The second kappa shape index (κ2) is 5.97. The van der Waals surface area contributed by atoms with Gasteiger partial charge in [-0.3, -0.25) is 4.79 Å². The second-order valence-electron chi connectivity index (χ2n) is 3.47. The van der Waals surface area contributed by atoms with Gasteiger partial charge in [-0.25, -0.2) is 0 Å². The first-order chi connectivity index (χ1) is 6.13. The van der Waals surface area contributed by atoms with Crippen molar-refractivity contribution in [3.63, 3.8) is 0 Å². The molecule has 0 saturated heterocycles. The fourth-order valence-electron chi connectivity index (χ4n) is 1.59. The molecule has 3 nitrogen and oxygen atoms in total. The van der Waals surface area contributed by atoms with Crippen molar-refractivity contribution in [1.29, 1.82) is 0 Å². The van der Waals surface area contributed by atoms with E-state index in [1.165, 1.54) is 0 Å². The molecule has 78 valence electrons. The lowest BCUT2D eigenvalue weighted by Gasteiger charge is -2.26. The zero-order chi connectivity index (χ0) is 10.3. The number of carboxylic acids is 1. The zero-order valence-electron chi connectivity index (χ0n) is 8.55. The lowest BCUT2D eigenvalue weighted by Crippen LogP contribution is -2.29. The molecule has 0 atom stereocenters. The zero-order valence-corrected chi connectivity index (χ0v) is 8.55. The average molecular weight is 188 g/mol. The molecule has 0 aliphatic heterocycles. The van der Waals surface area contributed by atoms with Crippen molar-refractivity contribution in [3.05, 3.63) is 0 Å². The van der Waals surface area contributed by atoms with E-state index < -0.39 is 11.4 Å². The molecule has 0 heterocycles. The number of unbranched alkanes of at least 4 members (excludes halogenated alkanes) is 1. The van der Waals surface area contributed by atoms with Gasteiger partial charge in [-0.15, -0.1) is 0 Å². The van der Waals surface area contributed by atoms with Crippen LogP contribution in [0.3, 0.4) is 0 Å². The van der Waals surface area contributed by atoms with E-state index in [9.17, 15) is 4.79 Å². The summed E-state index contributed by atoms with van der Waals surface area (Å²) in [7, 11) is 0. The minimum atomic E-state index is -0.699. The molecule has 0 rings (SSSR count). The SMILES string of the molecule is CCC(CC)(CCCCO)C(=O)O. The number of hydrogen-bond acceptors (Lipinski definition) is 2. The van der Waals surface area contributed by atoms with Crippen LogP contribution in [0.5, 0.6) is 0 Å². The van der Waals surface area contributed by atoms with Gasteiger partial charge in [0.2, 0.25) is 0 Å². The number of rotatable bonds is 7. The van der Waals surface area contributed by atoms with Gasteiger partial charge in [0.15, 0.2) is 0 Å². The van der Waals surface area contributed by atoms with Gasteiger partial charge in [0.25, 0.3) is 0 Å². The maximum atomic E-state index is 11.0. The molecule has 0 saturated carbocycles. The Balaban J connectivity index is 4.14. The summed E-state index contributed by atoms with van der Waals surface area (Å²) in [5.41, 5.74) is -0.560. The van der Waals surface area contributed by atoms with Crippen LogP contribution in [0.4, 0.5) is 0 Å². The van der Waals surface area contributed by atoms with E-state index in [1.54, 1.807) is 0 Å². The highest BCUT2D eigenvalue weighted by atomic mass is 16.4. The van der Waals surface area contributed by atoms with Gasteiger partial charge >= 0.3 is 5.97 Å². The maximum Gasteiger partial charge on any atom is 0.309 e. The predicted octanol–water partition coefficient (Wildman–Crippen LogP) is 2.04. The standard InChI is InChI=1S/C10H20O3/c1-3-10(4-2,9(12)13)7-5-6-8-11/h11H,3-8H2,1-2H3,(H,12,13). The van der Waals surface area contributed by atoms with Crippen LogP contribution in [0.2, 0.25) is 0 Å². The number of carboxylic acid groups (broad SMARTS) is 1. The van der Waals surface area contributed by atoms with Crippen molar-refractivity contribution in [1.82, 2.24) is 0 Å². The van der Waals surface area contributed by atoms with Crippen LogP contribution in [0.1, 0.15) is 46.0 Å². The Morgan fingerprint density at radius 3 is 2.08 bits per heavy atom. The van der Waals surface area contributed by atoms with E-state index in [4.69, 9.17) is 10.2 Å². The summed E-state index contributed by atoms with van der Waals surface area (Å²) < 4.78 is 0. The van der Waals surface area contributed by atoms with Gasteiger partial charge in [-0.05, 0) is 25.7 Å². The molecular weight excluding hydrogens is 168 g/mol. The monoisotopic (exact) mass is 188 g/mol. The molecule has 0 spiro atoms. The Hall–Kier alpha value is -0.570. The first kappa shape index (κ1) is 12.4. The molecule has 0 radical (unpaired) electrons. The highest BCUT2D eigenvalue weighted by Gasteiger charge is 2.33. The predicted molar refractivity (Wildman–Crippen MR) is 51.6 cm³/mol. The van der Waals surface area contributed by atoms with Crippen LogP contribution in [0.15, 0.2) is 0 Å². The van der Waals surface area contributed by atoms with Crippen molar-refractivity contribution in [2.24, 2.45) is 5.41 Å². The fraction of sp³-hybridized carbons (Fsp3) is 0.900. The van der Waals surface area contributed by atoms with Crippen LogP contribution in [-0.2, 0) is 4.79 Å². The van der Waals surface area contributed by atoms with Crippen LogP contribution in [0.25, 0.3) is 0 Å². The van der Waals surface area contributed by atoms with Gasteiger partial charge in [0.05, 0.1) is 5.41 Å². The van der Waals surface area contributed by atoms with Crippen LogP contribution >= 0.6 is 0 Å². The molecule has 0 aromatic heterocycles. The fourth-order valence-corrected chi connectivity index (χ4v) is 1.59. The molecule has 0 aromatic carbocycles. The molecule has 0 bridgehead atoms. The Morgan fingerprint density at radius 2 is 1.77 bits per heavy atom. The third-order valence-electron chi connectivity index (χ3n) is 2.87. The highest BCUT2D eigenvalue weighted by molar-refractivity contribution is 5.74. The molecular formula is C10H20O3.